The van der Waals surface area contributed by atoms with E-state index in [2.05, 4.69) is 24.1 Å². The lowest BCUT2D eigenvalue weighted by molar-refractivity contribution is 0.462. The molecule has 0 fully saturated rings. The van der Waals surface area contributed by atoms with Crippen LogP contribution in [0.5, 0.6) is 11.6 Å². The largest absolute Gasteiger partial charge is 0.438 e. The molecule has 2 rings (SSSR count). The number of hydrogen-bond acceptors (Lipinski definition) is 3. The van der Waals surface area contributed by atoms with Gasteiger partial charge in [0.2, 0.25) is 5.88 Å². The van der Waals surface area contributed by atoms with Crippen LogP contribution in [0.4, 0.5) is 0 Å². The normalized spacial score (nSPS) is 10.8. The number of benzene rings is 1. The summed E-state index contributed by atoms with van der Waals surface area (Å²) in [5, 5.41) is 3.88. The number of para-hydroxylation sites is 1. The van der Waals surface area contributed by atoms with Crippen LogP contribution in [0.1, 0.15) is 19.4 Å². The van der Waals surface area contributed by atoms with E-state index in [1.807, 2.05) is 36.4 Å². The van der Waals surface area contributed by atoms with Gasteiger partial charge in [-0.15, -0.1) is 0 Å². The molecule has 0 spiro atoms. The molecule has 0 bridgehead atoms. The summed E-state index contributed by atoms with van der Waals surface area (Å²) in [6, 6.07) is 11.4. The second-order valence-corrected chi connectivity index (χ2v) is 5.48. The summed E-state index contributed by atoms with van der Waals surface area (Å²) in [6.45, 7) is 6.08. The standard InChI is InChI=1S/C16H19ClN2O/c1-12(2)9-18-10-13-8-15(17)16(19-11-13)20-14-6-4-3-5-7-14/h3-8,11-12,18H,9-10H2,1-2H3. The van der Waals surface area contributed by atoms with E-state index in [9.17, 15) is 0 Å². The maximum atomic E-state index is 6.21. The zero-order chi connectivity index (χ0) is 14.4. The first-order chi connectivity index (χ1) is 9.65. The molecule has 0 saturated carbocycles. The summed E-state index contributed by atoms with van der Waals surface area (Å²) in [7, 11) is 0. The van der Waals surface area contributed by atoms with E-state index in [1.165, 1.54) is 0 Å². The minimum Gasteiger partial charge on any atom is -0.438 e. The second-order valence-electron chi connectivity index (χ2n) is 5.07. The Bertz CT molecular complexity index is 543. The van der Waals surface area contributed by atoms with Crippen LogP contribution in [0.25, 0.3) is 0 Å². The summed E-state index contributed by atoms with van der Waals surface area (Å²) < 4.78 is 5.64. The molecule has 20 heavy (non-hydrogen) atoms. The molecule has 0 radical (unpaired) electrons. The molecule has 3 nitrogen and oxygen atoms in total. The van der Waals surface area contributed by atoms with Crippen LogP contribution in [0, 0.1) is 5.92 Å². The van der Waals surface area contributed by atoms with Gasteiger partial charge in [-0.25, -0.2) is 4.98 Å². The summed E-state index contributed by atoms with van der Waals surface area (Å²) in [5.41, 5.74) is 1.05. The van der Waals surface area contributed by atoms with Gasteiger partial charge in [-0.05, 0) is 36.2 Å². The first kappa shape index (κ1) is 14.8. The Morgan fingerprint density at radius 1 is 1.25 bits per heavy atom. The second kappa shape index (κ2) is 7.27. The van der Waals surface area contributed by atoms with Crippen molar-refractivity contribution in [2.45, 2.75) is 20.4 Å². The number of nitrogens with zero attached hydrogens (tertiary/aromatic N) is 1. The summed E-state index contributed by atoms with van der Waals surface area (Å²) in [5.74, 6) is 1.79. The predicted molar refractivity (Wildman–Crippen MR) is 82.3 cm³/mol. The van der Waals surface area contributed by atoms with Gasteiger partial charge >= 0.3 is 0 Å². The molecule has 106 valence electrons. The van der Waals surface area contributed by atoms with Gasteiger partial charge in [0.25, 0.3) is 0 Å². The average molecular weight is 291 g/mol. The Kier molecular flexibility index (Phi) is 5.39. The van der Waals surface area contributed by atoms with Gasteiger partial charge in [-0.1, -0.05) is 43.6 Å². The minimum absolute atomic E-state index is 0.436. The van der Waals surface area contributed by atoms with Crippen molar-refractivity contribution < 1.29 is 4.74 Å². The predicted octanol–water partition coefficient (Wildman–Crippen LogP) is 4.27. The van der Waals surface area contributed by atoms with Crippen molar-refractivity contribution >= 4 is 11.6 Å². The van der Waals surface area contributed by atoms with Crippen LogP contribution in [0.2, 0.25) is 5.02 Å². The van der Waals surface area contributed by atoms with Gasteiger partial charge in [0, 0.05) is 12.7 Å². The molecule has 0 atom stereocenters. The topological polar surface area (TPSA) is 34.2 Å². The van der Waals surface area contributed by atoms with E-state index in [0.717, 1.165) is 24.4 Å². The Labute approximate surface area is 124 Å². The molecular weight excluding hydrogens is 272 g/mol. The SMILES string of the molecule is CC(C)CNCc1cnc(Oc2ccccc2)c(Cl)c1. The maximum Gasteiger partial charge on any atom is 0.238 e. The number of aromatic nitrogens is 1. The third kappa shape index (κ3) is 4.51. The number of ether oxygens (including phenoxy) is 1. The highest BCUT2D eigenvalue weighted by Crippen LogP contribution is 2.27. The van der Waals surface area contributed by atoms with Crippen molar-refractivity contribution in [2.24, 2.45) is 5.92 Å². The van der Waals surface area contributed by atoms with E-state index in [-0.39, 0.29) is 0 Å². The van der Waals surface area contributed by atoms with Crippen LogP contribution in [-0.4, -0.2) is 11.5 Å². The molecule has 0 aliphatic rings. The molecular formula is C16H19ClN2O. The fourth-order valence-corrected chi connectivity index (χ4v) is 1.97. The third-order valence-electron chi connectivity index (χ3n) is 2.70. The number of nitrogens with one attached hydrogen (secondary N) is 1. The Morgan fingerprint density at radius 3 is 2.65 bits per heavy atom. The lowest BCUT2D eigenvalue weighted by Gasteiger charge is -2.10. The summed E-state index contributed by atoms with van der Waals surface area (Å²) >= 11 is 6.21. The van der Waals surface area contributed by atoms with E-state index in [4.69, 9.17) is 16.3 Å². The lowest BCUT2D eigenvalue weighted by atomic mass is 10.2. The zero-order valence-corrected chi connectivity index (χ0v) is 12.5. The van der Waals surface area contributed by atoms with Gasteiger partial charge in [0.1, 0.15) is 10.8 Å². The minimum atomic E-state index is 0.436. The van der Waals surface area contributed by atoms with Crippen LogP contribution >= 0.6 is 11.6 Å². The van der Waals surface area contributed by atoms with E-state index >= 15 is 0 Å². The van der Waals surface area contributed by atoms with Gasteiger partial charge in [0.15, 0.2) is 0 Å². The average Bonchev–Trinajstić information content (AvgIpc) is 2.42. The van der Waals surface area contributed by atoms with Crippen molar-refractivity contribution in [1.29, 1.82) is 0 Å². The first-order valence-electron chi connectivity index (χ1n) is 6.73. The maximum absolute atomic E-state index is 6.21. The van der Waals surface area contributed by atoms with Gasteiger partial charge < -0.3 is 10.1 Å². The molecule has 0 unspecified atom stereocenters. The molecule has 1 aromatic heterocycles. The molecule has 0 aliphatic carbocycles. The van der Waals surface area contributed by atoms with Crippen molar-refractivity contribution in [3.05, 3.63) is 53.2 Å². The quantitative estimate of drug-likeness (QED) is 0.862. The molecule has 0 amide bonds. The zero-order valence-electron chi connectivity index (χ0n) is 11.8. The molecule has 1 heterocycles. The van der Waals surface area contributed by atoms with Crippen LogP contribution in [0.3, 0.4) is 0 Å². The highest BCUT2D eigenvalue weighted by molar-refractivity contribution is 6.31. The molecule has 4 heteroatoms. The van der Waals surface area contributed by atoms with Crippen LogP contribution < -0.4 is 10.1 Å². The highest BCUT2D eigenvalue weighted by Gasteiger charge is 2.06. The van der Waals surface area contributed by atoms with Gasteiger partial charge in [-0.3, -0.25) is 0 Å². The Morgan fingerprint density at radius 2 is 2.00 bits per heavy atom. The van der Waals surface area contributed by atoms with Crippen molar-refractivity contribution in [1.82, 2.24) is 10.3 Å². The van der Waals surface area contributed by atoms with E-state index in [1.54, 1.807) is 6.20 Å². The van der Waals surface area contributed by atoms with E-state index in [0.29, 0.717) is 16.8 Å². The van der Waals surface area contributed by atoms with E-state index < -0.39 is 0 Å². The number of hydrogen-bond donors (Lipinski definition) is 1. The van der Waals surface area contributed by atoms with Crippen molar-refractivity contribution in [3.8, 4) is 11.6 Å². The molecule has 2 aromatic rings. The fraction of sp³-hybridized carbons (Fsp3) is 0.312. The number of pyridine rings is 1. The molecule has 1 aromatic carbocycles. The fourth-order valence-electron chi connectivity index (χ4n) is 1.74. The summed E-state index contributed by atoms with van der Waals surface area (Å²) in [6.07, 6.45) is 1.79. The first-order valence-corrected chi connectivity index (χ1v) is 7.11. The van der Waals surface area contributed by atoms with Gasteiger partial charge in [0.05, 0.1) is 0 Å². The monoisotopic (exact) mass is 290 g/mol. The molecule has 0 aliphatic heterocycles. The van der Waals surface area contributed by atoms with Crippen molar-refractivity contribution in [3.63, 3.8) is 0 Å². The van der Waals surface area contributed by atoms with Gasteiger partial charge in [-0.2, -0.15) is 0 Å². The van der Waals surface area contributed by atoms with Crippen molar-refractivity contribution in [2.75, 3.05) is 6.54 Å². The smallest absolute Gasteiger partial charge is 0.238 e. The van der Waals surface area contributed by atoms with Crippen LogP contribution in [0.15, 0.2) is 42.6 Å². The molecule has 1 N–H and O–H groups in total. The van der Waals surface area contributed by atoms with Crippen LogP contribution in [-0.2, 0) is 6.54 Å². The highest BCUT2D eigenvalue weighted by atomic mass is 35.5. The number of rotatable bonds is 6. The lowest BCUT2D eigenvalue weighted by Crippen LogP contribution is -2.19. The Balaban J connectivity index is 1.99. The number of halogens is 1. The molecule has 0 saturated heterocycles. The Hall–Kier alpha value is -1.58. The summed E-state index contributed by atoms with van der Waals surface area (Å²) in [4.78, 5) is 4.28. The third-order valence-corrected chi connectivity index (χ3v) is 2.97.